The molecule has 1 unspecified atom stereocenters. The molecule has 0 spiro atoms. The molecule has 0 bridgehead atoms. The first-order valence-electron chi connectivity index (χ1n) is 10.9. The number of amides is 2. The lowest BCUT2D eigenvalue weighted by Gasteiger charge is -2.21. The Labute approximate surface area is 193 Å². The summed E-state index contributed by atoms with van der Waals surface area (Å²) in [7, 11) is 1.23. The zero-order valence-corrected chi connectivity index (χ0v) is 19.3. The van der Waals surface area contributed by atoms with Crippen LogP contribution >= 0.6 is 0 Å². The normalized spacial score (nSPS) is 13.3. The first-order chi connectivity index (χ1) is 15.7. The monoisotopic (exact) mass is 454 g/mol. The van der Waals surface area contributed by atoms with Gasteiger partial charge in [-0.05, 0) is 49.4 Å². The first kappa shape index (κ1) is 24.1. The van der Waals surface area contributed by atoms with Crippen LogP contribution in [-0.2, 0) is 19.0 Å². The van der Waals surface area contributed by atoms with Crippen LogP contribution < -0.4 is 10.6 Å². The molecule has 0 saturated carbocycles. The standard InChI is InChI=1S/C25H30N2O6/c1-25(2,3)33-23(29)26-14-13-21(22(28)31-4)27-24(30)32-15-20-18-11-7-5-9-16(18)17-10-6-8-12-19(17)20/h5-12,20-21H,13-15H2,1-4H3,(H,26,29)(H,27,30). The van der Waals surface area contributed by atoms with Crippen molar-refractivity contribution in [3.05, 3.63) is 59.7 Å². The van der Waals surface area contributed by atoms with Gasteiger partial charge in [-0.3, -0.25) is 0 Å². The highest BCUT2D eigenvalue weighted by molar-refractivity contribution is 5.82. The number of methoxy groups -OCH3 is 1. The molecule has 1 atom stereocenters. The van der Waals surface area contributed by atoms with Gasteiger partial charge in [0.15, 0.2) is 0 Å². The van der Waals surface area contributed by atoms with Gasteiger partial charge in [0, 0.05) is 12.5 Å². The van der Waals surface area contributed by atoms with Gasteiger partial charge in [0.25, 0.3) is 0 Å². The van der Waals surface area contributed by atoms with E-state index < -0.39 is 29.8 Å². The Balaban J connectivity index is 1.57. The molecular formula is C25H30N2O6. The second-order valence-corrected chi connectivity index (χ2v) is 8.76. The highest BCUT2D eigenvalue weighted by atomic mass is 16.6. The van der Waals surface area contributed by atoms with Crippen LogP contribution in [-0.4, -0.2) is 50.1 Å². The number of rotatable bonds is 7. The summed E-state index contributed by atoms with van der Waals surface area (Å²) >= 11 is 0. The molecule has 2 aromatic carbocycles. The maximum absolute atomic E-state index is 12.5. The SMILES string of the molecule is COC(=O)C(CCNC(=O)OC(C)(C)C)NC(=O)OCC1c2ccccc2-c2ccccc21. The minimum atomic E-state index is -0.972. The molecule has 2 N–H and O–H groups in total. The molecule has 2 amide bonds. The number of ether oxygens (including phenoxy) is 3. The van der Waals surface area contributed by atoms with Crippen LogP contribution in [0.25, 0.3) is 11.1 Å². The van der Waals surface area contributed by atoms with Crippen molar-refractivity contribution in [1.29, 1.82) is 0 Å². The largest absolute Gasteiger partial charge is 0.467 e. The van der Waals surface area contributed by atoms with Crippen molar-refractivity contribution >= 4 is 18.2 Å². The Morgan fingerprint density at radius 1 is 0.939 bits per heavy atom. The lowest BCUT2D eigenvalue weighted by atomic mass is 9.98. The van der Waals surface area contributed by atoms with Crippen molar-refractivity contribution in [1.82, 2.24) is 10.6 Å². The van der Waals surface area contributed by atoms with Crippen molar-refractivity contribution in [2.45, 2.75) is 44.8 Å². The third kappa shape index (κ3) is 6.25. The van der Waals surface area contributed by atoms with Crippen LogP contribution in [0.1, 0.15) is 44.2 Å². The Hall–Kier alpha value is -3.55. The van der Waals surface area contributed by atoms with Gasteiger partial charge in [-0.1, -0.05) is 48.5 Å². The molecule has 33 heavy (non-hydrogen) atoms. The van der Waals surface area contributed by atoms with E-state index in [1.807, 2.05) is 36.4 Å². The number of carbonyl (C=O) groups is 3. The fourth-order valence-corrected chi connectivity index (χ4v) is 3.81. The second kappa shape index (κ2) is 10.4. The van der Waals surface area contributed by atoms with E-state index in [9.17, 15) is 14.4 Å². The fraction of sp³-hybridized carbons (Fsp3) is 0.400. The number of fused-ring (bicyclic) bond motifs is 3. The zero-order valence-electron chi connectivity index (χ0n) is 19.3. The molecule has 2 aromatic rings. The number of esters is 1. The number of hydrogen-bond acceptors (Lipinski definition) is 6. The van der Waals surface area contributed by atoms with E-state index in [1.54, 1.807) is 20.8 Å². The van der Waals surface area contributed by atoms with Crippen molar-refractivity contribution in [3.63, 3.8) is 0 Å². The van der Waals surface area contributed by atoms with Crippen LogP contribution in [0.2, 0.25) is 0 Å². The molecular weight excluding hydrogens is 424 g/mol. The molecule has 8 nitrogen and oxygen atoms in total. The maximum atomic E-state index is 12.5. The predicted molar refractivity (Wildman–Crippen MR) is 123 cm³/mol. The number of benzene rings is 2. The number of carbonyl (C=O) groups excluding carboxylic acids is 3. The van der Waals surface area contributed by atoms with Gasteiger partial charge in [-0.25, -0.2) is 14.4 Å². The van der Waals surface area contributed by atoms with Crippen LogP contribution in [0.4, 0.5) is 9.59 Å². The van der Waals surface area contributed by atoms with E-state index in [0.717, 1.165) is 22.3 Å². The zero-order chi connectivity index (χ0) is 24.0. The molecule has 1 aliphatic carbocycles. The third-order valence-electron chi connectivity index (χ3n) is 5.22. The highest BCUT2D eigenvalue weighted by Gasteiger charge is 2.30. The summed E-state index contributed by atoms with van der Waals surface area (Å²) in [6.45, 7) is 5.50. The third-order valence-corrected chi connectivity index (χ3v) is 5.22. The van der Waals surface area contributed by atoms with Gasteiger partial charge in [0.05, 0.1) is 7.11 Å². The Morgan fingerprint density at radius 3 is 2.06 bits per heavy atom. The second-order valence-electron chi connectivity index (χ2n) is 8.76. The summed E-state index contributed by atoms with van der Waals surface area (Å²) in [5.74, 6) is -0.719. The minimum Gasteiger partial charge on any atom is -0.467 e. The summed E-state index contributed by atoms with van der Waals surface area (Å²) < 4.78 is 15.4. The van der Waals surface area contributed by atoms with E-state index in [0.29, 0.717) is 0 Å². The van der Waals surface area contributed by atoms with Gasteiger partial charge in [0.2, 0.25) is 0 Å². The molecule has 0 heterocycles. The summed E-state index contributed by atoms with van der Waals surface area (Å²) in [5, 5.41) is 5.09. The lowest BCUT2D eigenvalue weighted by Crippen LogP contribution is -2.44. The van der Waals surface area contributed by atoms with Crippen molar-refractivity contribution in [2.24, 2.45) is 0 Å². The van der Waals surface area contributed by atoms with Crippen molar-refractivity contribution in [3.8, 4) is 11.1 Å². The average molecular weight is 455 g/mol. The molecule has 0 saturated heterocycles. The van der Waals surface area contributed by atoms with Crippen LogP contribution in [0.15, 0.2) is 48.5 Å². The molecule has 8 heteroatoms. The van der Waals surface area contributed by atoms with Crippen molar-refractivity contribution < 1.29 is 28.6 Å². The molecule has 0 aromatic heterocycles. The number of hydrogen-bond donors (Lipinski definition) is 2. The molecule has 0 fully saturated rings. The fourth-order valence-electron chi connectivity index (χ4n) is 3.81. The predicted octanol–water partition coefficient (Wildman–Crippen LogP) is 3.98. The van der Waals surface area contributed by atoms with Gasteiger partial charge in [0.1, 0.15) is 18.2 Å². The minimum absolute atomic E-state index is 0.0893. The van der Waals surface area contributed by atoms with E-state index in [2.05, 4.69) is 22.8 Å². The topological polar surface area (TPSA) is 103 Å². The molecule has 1 aliphatic rings. The van der Waals surface area contributed by atoms with E-state index in [4.69, 9.17) is 14.2 Å². The molecule has 0 aliphatic heterocycles. The lowest BCUT2D eigenvalue weighted by molar-refractivity contribution is -0.143. The van der Waals surface area contributed by atoms with Crippen LogP contribution in [0.5, 0.6) is 0 Å². The first-order valence-corrected chi connectivity index (χ1v) is 10.9. The molecule has 176 valence electrons. The Kier molecular flexibility index (Phi) is 7.58. The highest BCUT2D eigenvalue weighted by Crippen LogP contribution is 2.44. The molecule has 0 radical (unpaired) electrons. The van der Waals surface area contributed by atoms with E-state index in [-0.39, 0.29) is 25.5 Å². The van der Waals surface area contributed by atoms with E-state index in [1.165, 1.54) is 7.11 Å². The van der Waals surface area contributed by atoms with Gasteiger partial charge < -0.3 is 24.8 Å². The number of nitrogens with one attached hydrogen (secondary N) is 2. The molecule has 3 rings (SSSR count). The smallest absolute Gasteiger partial charge is 0.407 e. The van der Waals surface area contributed by atoms with Crippen LogP contribution in [0, 0.1) is 0 Å². The Bertz CT molecular complexity index is 968. The average Bonchev–Trinajstić information content (AvgIpc) is 3.09. The summed E-state index contributed by atoms with van der Waals surface area (Å²) in [6, 6.07) is 15.1. The van der Waals surface area contributed by atoms with Gasteiger partial charge in [-0.2, -0.15) is 0 Å². The van der Waals surface area contributed by atoms with Gasteiger partial charge >= 0.3 is 18.2 Å². The number of alkyl carbamates (subject to hydrolysis) is 2. The quantitative estimate of drug-likeness (QED) is 0.485. The van der Waals surface area contributed by atoms with Crippen LogP contribution in [0.3, 0.4) is 0 Å². The van der Waals surface area contributed by atoms with Gasteiger partial charge in [-0.15, -0.1) is 0 Å². The van der Waals surface area contributed by atoms with E-state index >= 15 is 0 Å². The Morgan fingerprint density at radius 2 is 1.52 bits per heavy atom. The maximum Gasteiger partial charge on any atom is 0.407 e. The summed E-state index contributed by atoms with van der Waals surface area (Å²) in [6.07, 6.45) is -1.22. The summed E-state index contributed by atoms with van der Waals surface area (Å²) in [4.78, 5) is 36.4. The van der Waals surface area contributed by atoms with Crippen molar-refractivity contribution in [2.75, 3.05) is 20.3 Å². The summed E-state index contributed by atoms with van der Waals surface area (Å²) in [5.41, 5.74) is 3.81.